The van der Waals surface area contributed by atoms with Gasteiger partial charge in [0.25, 0.3) is 11.7 Å². The van der Waals surface area contributed by atoms with E-state index in [0.29, 0.717) is 43.5 Å². The van der Waals surface area contributed by atoms with Gasteiger partial charge in [-0.2, -0.15) is 4.98 Å². The summed E-state index contributed by atoms with van der Waals surface area (Å²) in [6, 6.07) is 9.37. The second-order valence-corrected chi connectivity index (χ2v) is 7.17. The topological polar surface area (TPSA) is 85.1 Å². The summed E-state index contributed by atoms with van der Waals surface area (Å²) in [5.41, 5.74) is 1.06. The molecule has 9 heteroatoms. The Balaban J connectivity index is 1.36. The Kier molecular flexibility index (Phi) is 5.69. The number of anilines is 1. The minimum atomic E-state index is -0.0369. The number of ether oxygens (including phenoxy) is 2. The second-order valence-electron chi connectivity index (χ2n) is 7.17. The molecule has 30 heavy (non-hydrogen) atoms. The molecular formula is C21H26N6O3. The molecule has 0 bridgehead atoms. The molecule has 0 unspecified atom stereocenters. The summed E-state index contributed by atoms with van der Waals surface area (Å²) >= 11 is 0. The average molecular weight is 410 g/mol. The first-order valence-electron chi connectivity index (χ1n) is 10.1. The summed E-state index contributed by atoms with van der Waals surface area (Å²) in [5, 5.41) is 8.41. The summed E-state index contributed by atoms with van der Waals surface area (Å²) in [4.78, 5) is 21.3. The summed E-state index contributed by atoms with van der Waals surface area (Å²) in [5.74, 6) is 3.54. The minimum Gasteiger partial charge on any atom is -0.493 e. The van der Waals surface area contributed by atoms with Crippen LogP contribution in [0.15, 0.2) is 30.3 Å². The SMILES string of the molecule is CCc1nnc2nc(N3CCN(C(=O)COc4ccccc4OC)CC3)cc(C)n12. The van der Waals surface area contributed by atoms with Gasteiger partial charge >= 0.3 is 0 Å². The third-order valence-electron chi connectivity index (χ3n) is 5.31. The van der Waals surface area contributed by atoms with Gasteiger partial charge < -0.3 is 19.3 Å². The third kappa shape index (κ3) is 3.87. The van der Waals surface area contributed by atoms with Crippen LogP contribution >= 0.6 is 0 Å². The fraction of sp³-hybridized carbons (Fsp3) is 0.429. The van der Waals surface area contributed by atoms with Gasteiger partial charge in [0.1, 0.15) is 11.6 Å². The number of carbonyl (C=O) groups is 1. The smallest absolute Gasteiger partial charge is 0.260 e. The lowest BCUT2D eigenvalue weighted by Gasteiger charge is -2.35. The van der Waals surface area contributed by atoms with Gasteiger partial charge in [0.2, 0.25) is 0 Å². The number of aromatic nitrogens is 4. The van der Waals surface area contributed by atoms with Crippen molar-refractivity contribution >= 4 is 17.5 Å². The fourth-order valence-corrected chi connectivity index (χ4v) is 3.67. The molecule has 0 N–H and O–H groups in total. The van der Waals surface area contributed by atoms with Crippen molar-refractivity contribution in [1.82, 2.24) is 24.5 Å². The van der Waals surface area contributed by atoms with E-state index < -0.39 is 0 Å². The largest absolute Gasteiger partial charge is 0.493 e. The van der Waals surface area contributed by atoms with Crippen LogP contribution in [0.3, 0.4) is 0 Å². The van der Waals surface area contributed by atoms with Crippen LogP contribution in [0.4, 0.5) is 5.82 Å². The molecule has 1 aliphatic heterocycles. The van der Waals surface area contributed by atoms with E-state index in [0.717, 1.165) is 23.8 Å². The Morgan fingerprint density at radius 1 is 1.10 bits per heavy atom. The third-order valence-corrected chi connectivity index (χ3v) is 5.31. The first-order valence-corrected chi connectivity index (χ1v) is 10.1. The van der Waals surface area contributed by atoms with E-state index in [-0.39, 0.29) is 12.5 Å². The second kappa shape index (κ2) is 8.56. The van der Waals surface area contributed by atoms with Crippen LogP contribution in [0.2, 0.25) is 0 Å². The van der Waals surface area contributed by atoms with Crippen molar-refractivity contribution in [3.05, 3.63) is 41.9 Å². The number of hydrogen-bond donors (Lipinski definition) is 0. The van der Waals surface area contributed by atoms with Crippen molar-refractivity contribution in [1.29, 1.82) is 0 Å². The van der Waals surface area contributed by atoms with Crippen molar-refractivity contribution in [3.63, 3.8) is 0 Å². The van der Waals surface area contributed by atoms with Gasteiger partial charge in [0, 0.05) is 44.4 Å². The molecule has 0 radical (unpaired) electrons. The van der Waals surface area contributed by atoms with Gasteiger partial charge in [-0.1, -0.05) is 19.1 Å². The highest BCUT2D eigenvalue weighted by atomic mass is 16.5. The number of aryl methyl sites for hydroxylation is 2. The van der Waals surface area contributed by atoms with Gasteiger partial charge in [0.15, 0.2) is 18.1 Å². The predicted molar refractivity (Wildman–Crippen MR) is 112 cm³/mol. The molecule has 0 saturated carbocycles. The molecule has 1 aliphatic rings. The number of nitrogens with zero attached hydrogens (tertiary/aromatic N) is 6. The molecule has 9 nitrogen and oxygen atoms in total. The molecule has 3 heterocycles. The van der Waals surface area contributed by atoms with Gasteiger partial charge in [-0.3, -0.25) is 9.20 Å². The summed E-state index contributed by atoms with van der Waals surface area (Å²) in [6.07, 6.45) is 0.806. The molecule has 0 aliphatic carbocycles. The van der Waals surface area contributed by atoms with E-state index in [1.54, 1.807) is 13.2 Å². The Hall–Kier alpha value is -3.36. The number of fused-ring (bicyclic) bond motifs is 1. The zero-order valence-corrected chi connectivity index (χ0v) is 17.5. The van der Waals surface area contributed by atoms with Gasteiger partial charge in [0.05, 0.1) is 7.11 Å². The van der Waals surface area contributed by atoms with E-state index in [2.05, 4.69) is 33.1 Å². The lowest BCUT2D eigenvalue weighted by Crippen LogP contribution is -2.50. The number of rotatable bonds is 6. The molecule has 2 aromatic heterocycles. The van der Waals surface area contributed by atoms with Crippen LogP contribution in [0, 0.1) is 6.92 Å². The summed E-state index contributed by atoms with van der Waals surface area (Å²) < 4.78 is 12.9. The first kappa shape index (κ1) is 19.9. The normalized spacial score (nSPS) is 14.2. The van der Waals surface area contributed by atoms with E-state index in [4.69, 9.17) is 9.47 Å². The first-order chi connectivity index (χ1) is 14.6. The van der Waals surface area contributed by atoms with Crippen LogP contribution < -0.4 is 14.4 Å². The molecule has 0 atom stereocenters. The zero-order chi connectivity index (χ0) is 21.1. The van der Waals surface area contributed by atoms with Crippen LogP contribution in [-0.4, -0.2) is 70.3 Å². The minimum absolute atomic E-state index is 0.0107. The number of methoxy groups -OCH3 is 1. The maximum Gasteiger partial charge on any atom is 0.260 e. The Morgan fingerprint density at radius 3 is 2.53 bits per heavy atom. The monoisotopic (exact) mass is 410 g/mol. The van der Waals surface area contributed by atoms with Gasteiger partial charge in [-0.05, 0) is 19.1 Å². The molecule has 3 aromatic rings. The molecule has 1 amide bonds. The molecule has 4 rings (SSSR count). The maximum atomic E-state index is 12.6. The fourth-order valence-electron chi connectivity index (χ4n) is 3.67. The standard InChI is InChI=1S/C21H26N6O3/c1-4-18-23-24-21-22-19(13-15(2)27(18)21)25-9-11-26(12-10-25)20(28)14-30-17-8-6-5-7-16(17)29-3/h5-8,13H,4,9-12,14H2,1-3H3. The number of carbonyl (C=O) groups excluding carboxylic acids is 1. The zero-order valence-electron chi connectivity index (χ0n) is 17.5. The Labute approximate surface area is 175 Å². The van der Waals surface area contributed by atoms with E-state index in [1.807, 2.05) is 34.4 Å². The van der Waals surface area contributed by atoms with Crippen LogP contribution in [0.25, 0.3) is 5.78 Å². The quantitative estimate of drug-likeness (QED) is 0.612. The van der Waals surface area contributed by atoms with Crippen LogP contribution in [0.5, 0.6) is 11.5 Å². The highest BCUT2D eigenvalue weighted by Crippen LogP contribution is 2.25. The molecule has 1 fully saturated rings. The number of piperazine rings is 1. The summed E-state index contributed by atoms with van der Waals surface area (Å²) in [7, 11) is 1.58. The number of para-hydroxylation sites is 2. The van der Waals surface area contributed by atoms with Crippen molar-refractivity contribution in [2.75, 3.05) is 44.8 Å². The van der Waals surface area contributed by atoms with E-state index in [9.17, 15) is 4.79 Å². The van der Waals surface area contributed by atoms with Crippen LogP contribution in [0.1, 0.15) is 18.4 Å². The highest BCUT2D eigenvalue weighted by molar-refractivity contribution is 5.78. The number of hydrogen-bond acceptors (Lipinski definition) is 7. The Morgan fingerprint density at radius 2 is 1.83 bits per heavy atom. The number of benzene rings is 1. The van der Waals surface area contributed by atoms with E-state index >= 15 is 0 Å². The van der Waals surface area contributed by atoms with Crippen molar-refractivity contribution in [3.8, 4) is 11.5 Å². The molecule has 158 valence electrons. The lowest BCUT2D eigenvalue weighted by atomic mass is 10.3. The average Bonchev–Trinajstić information content (AvgIpc) is 3.21. The van der Waals surface area contributed by atoms with E-state index in [1.165, 1.54) is 0 Å². The van der Waals surface area contributed by atoms with Gasteiger partial charge in [-0.25, -0.2) is 0 Å². The lowest BCUT2D eigenvalue weighted by molar-refractivity contribution is -0.133. The van der Waals surface area contributed by atoms with Crippen molar-refractivity contribution in [2.24, 2.45) is 0 Å². The Bertz CT molecular complexity index is 1040. The summed E-state index contributed by atoms with van der Waals surface area (Å²) in [6.45, 7) is 6.73. The predicted octanol–water partition coefficient (Wildman–Crippen LogP) is 1.73. The highest BCUT2D eigenvalue weighted by Gasteiger charge is 2.23. The van der Waals surface area contributed by atoms with Crippen molar-refractivity contribution < 1.29 is 14.3 Å². The number of amides is 1. The molecule has 1 saturated heterocycles. The molecule has 1 aromatic carbocycles. The van der Waals surface area contributed by atoms with Gasteiger partial charge in [-0.15, -0.1) is 10.2 Å². The molecular weight excluding hydrogens is 384 g/mol. The van der Waals surface area contributed by atoms with Crippen LogP contribution in [-0.2, 0) is 11.2 Å². The molecule has 0 spiro atoms. The van der Waals surface area contributed by atoms with Crippen molar-refractivity contribution in [2.45, 2.75) is 20.3 Å². The maximum absolute atomic E-state index is 12.6.